The first-order valence-electron chi connectivity index (χ1n) is 23.2. The molecular weight excluding hydrogens is 1020 g/mol. The number of imidazole rings is 1. The molecule has 3 aromatic heterocycles. The van der Waals surface area contributed by atoms with E-state index in [0.717, 1.165) is 75.0 Å². The van der Waals surface area contributed by atoms with Gasteiger partial charge in [-0.05, 0) is 99.2 Å². The number of nitrogens with zero attached hydrogens (tertiary/aromatic N) is 3. The Balaban J connectivity index is 0.000000428. The fourth-order valence-electron chi connectivity index (χ4n) is 8.38. The number of fused-ring (bicyclic) bond motifs is 4. The first-order chi connectivity index (χ1) is 32.5. The van der Waals surface area contributed by atoms with Gasteiger partial charge in [-0.1, -0.05) is 143 Å². The van der Waals surface area contributed by atoms with Crippen molar-refractivity contribution in [2.75, 3.05) is 0 Å². The molecule has 0 spiro atoms. The number of rotatable bonds is 9. The molecule has 0 saturated heterocycles. The van der Waals surface area contributed by atoms with Crippen LogP contribution in [0.5, 0.6) is 0 Å². The quantitative estimate of drug-likeness (QED) is 0.135. The van der Waals surface area contributed by atoms with Crippen LogP contribution in [0.25, 0.3) is 83.6 Å². The Kier molecular flexibility index (Phi) is 12.8. The van der Waals surface area contributed by atoms with Gasteiger partial charge in [0.05, 0.1) is 27.9 Å². The normalized spacial score (nSPS) is 12.5. The summed E-state index contributed by atoms with van der Waals surface area (Å²) in [7, 11) is 0. The Hall–Kier alpha value is -6.60. The zero-order valence-corrected chi connectivity index (χ0v) is 40.4. The second-order valence-electron chi connectivity index (χ2n) is 17.7. The monoisotopic (exact) mass is 1070 g/mol. The summed E-state index contributed by atoms with van der Waals surface area (Å²) in [6, 6.07) is 60.0. The molecule has 0 aliphatic carbocycles. The van der Waals surface area contributed by atoms with Crippen LogP contribution in [0, 0.1) is 17.5 Å². The molecule has 4 nitrogen and oxygen atoms in total. The summed E-state index contributed by atoms with van der Waals surface area (Å²) in [5.74, 6) is 0.897. The van der Waals surface area contributed by atoms with Crippen molar-refractivity contribution in [3.05, 3.63) is 199 Å². The second kappa shape index (κ2) is 19.3. The number of hydrogen-bond donors (Lipinski definition) is 0. The average Bonchev–Trinajstić information content (AvgIpc) is 3.93. The van der Waals surface area contributed by atoms with Crippen LogP contribution in [0.3, 0.4) is 0 Å². The van der Waals surface area contributed by atoms with E-state index in [-0.39, 0.29) is 43.1 Å². The van der Waals surface area contributed by atoms with E-state index >= 15 is 0 Å². The van der Waals surface area contributed by atoms with E-state index in [1.807, 2.05) is 91.0 Å². The third-order valence-corrected chi connectivity index (χ3v) is 12.0. The van der Waals surface area contributed by atoms with Crippen LogP contribution in [0.1, 0.15) is 72.8 Å². The van der Waals surface area contributed by atoms with Crippen molar-refractivity contribution < 1.29 is 40.4 Å². The van der Waals surface area contributed by atoms with Gasteiger partial charge in [0.2, 0.25) is 0 Å². The molecule has 0 atom stereocenters. The van der Waals surface area contributed by atoms with Crippen molar-refractivity contribution in [2.45, 2.75) is 65.9 Å². The molecule has 3 heterocycles. The number of furan rings is 1. The molecule has 10 rings (SSSR count). The van der Waals surface area contributed by atoms with E-state index in [4.69, 9.17) is 12.1 Å². The number of alkyl halides is 3. The zero-order valence-electron chi connectivity index (χ0n) is 40.0. The van der Waals surface area contributed by atoms with Crippen molar-refractivity contribution in [3.63, 3.8) is 0 Å². The third-order valence-electron chi connectivity index (χ3n) is 12.0. The smallest absolute Gasteiger partial charge is 0.394 e. The maximum atomic E-state index is 14.1. The fraction of sp³-hybridized carbons (Fsp3) is 0.186. The molecule has 0 aliphatic rings. The van der Waals surface area contributed by atoms with Crippen molar-refractivity contribution >= 4 is 33.0 Å². The van der Waals surface area contributed by atoms with Crippen molar-refractivity contribution in [3.8, 4) is 50.6 Å². The molecule has 0 unspecified atom stereocenters. The van der Waals surface area contributed by atoms with E-state index < -0.39 is 18.0 Å². The van der Waals surface area contributed by atoms with E-state index in [0.29, 0.717) is 22.4 Å². The number of pyridine rings is 1. The van der Waals surface area contributed by atoms with Crippen LogP contribution in [0.15, 0.2) is 174 Å². The minimum Gasteiger partial charge on any atom is -0.501 e. The first kappa shape index (κ1) is 44.2. The molecule has 10 aromatic rings. The SMILES string of the molecule is [2H]C([2H])(c1ccc2c(c1)oc1c(-c3nc4ccccc4n3-c3c(C(C)C)cc(-c4ccc(-c5ccccc5)cc4)cc3C(C)C)[c-]ccc12)C(C)(C)C(F)(F)F.[Ir].[c-]1ccccc1-c1ccccn1. The molecule has 0 bridgehead atoms. The molecule has 339 valence electrons. The van der Waals surface area contributed by atoms with Gasteiger partial charge in [-0.2, -0.15) is 13.2 Å². The summed E-state index contributed by atoms with van der Waals surface area (Å²) in [5.41, 5.74) is 10.2. The van der Waals surface area contributed by atoms with E-state index in [1.54, 1.807) is 12.3 Å². The van der Waals surface area contributed by atoms with Crippen molar-refractivity contribution in [2.24, 2.45) is 5.41 Å². The summed E-state index contributed by atoms with van der Waals surface area (Å²) in [5, 5.41) is 1.40. The second-order valence-corrected chi connectivity index (χ2v) is 17.7. The maximum absolute atomic E-state index is 14.1. The Bertz CT molecular complexity index is 3320. The fourth-order valence-corrected chi connectivity index (χ4v) is 8.38. The molecule has 0 saturated carbocycles. The molecule has 8 heteroatoms. The van der Waals surface area contributed by atoms with Gasteiger partial charge in [-0.25, -0.2) is 0 Å². The van der Waals surface area contributed by atoms with Crippen LogP contribution in [-0.2, 0) is 26.5 Å². The average molecular weight is 1070 g/mol. The topological polar surface area (TPSA) is 43.9 Å². The van der Waals surface area contributed by atoms with Crippen molar-refractivity contribution in [1.29, 1.82) is 0 Å². The molecule has 0 amide bonds. The molecule has 0 aliphatic heterocycles. The summed E-state index contributed by atoms with van der Waals surface area (Å²) in [4.78, 5) is 9.42. The standard InChI is InChI=1S/C48H42F3N2O.C11H8N.Ir/c1-29(2)39-26-35(34-22-20-33(21-23-34)32-13-8-7-9-14-32)27-40(30(3)4)44(39)53-42-18-11-10-17-41(42)52-46(53)38-16-12-15-37-36-24-19-31(25-43(36)54-45(37)38)28-47(5,6)48(49,50)51;1-2-6-10(7-3-1)11-8-4-5-9-12-11;/h7-15,17-27,29-30H,28H2,1-6H3;1-6,8-9H;/q2*-1;/i28D2;;. The van der Waals surface area contributed by atoms with E-state index in [9.17, 15) is 13.2 Å². The van der Waals surface area contributed by atoms with E-state index in [2.05, 4.69) is 104 Å². The first-order valence-corrected chi connectivity index (χ1v) is 22.2. The maximum Gasteiger partial charge on any atom is 0.394 e. The molecular formula is C59H50F3IrN3O-2. The van der Waals surface area contributed by atoms with E-state index in [1.165, 1.54) is 17.7 Å². The van der Waals surface area contributed by atoms with Gasteiger partial charge < -0.3 is 14.0 Å². The number of para-hydroxylation sites is 2. The molecule has 0 N–H and O–H groups in total. The summed E-state index contributed by atoms with van der Waals surface area (Å²) >= 11 is 0. The summed E-state index contributed by atoms with van der Waals surface area (Å²) < 4.78 is 68.1. The van der Waals surface area contributed by atoms with Crippen LogP contribution in [0.4, 0.5) is 13.2 Å². The van der Waals surface area contributed by atoms with Gasteiger partial charge in [0.15, 0.2) is 0 Å². The van der Waals surface area contributed by atoms with Gasteiger partial charge >= 0.3 is 6.18 Å². The summed E-state index contributed by atoms with van der Waals surface area (Å²) in [6.45, 7) is 10.6. The van der Waals surface area contributed by atoms with Gasteiger partial charge in [0.1, 0.15) is 5.58 Å². The van der Waals surface area contributed by atoms with Gasteiger partial charge in [-0.15, -0.1) is 54.1 Å². The minimum absolute atomic E-state index is 0. The van der Waals surface area contributed by atoms with Gasteiger partial charge in [-0.3, -0.25) is 4.98 Å². The number of hydrogen-bond acceptors (Lipinski definition) is 3. The van der Waals surface area contributed by atoms with Crippen LogP contribution < -0.4 is 0 Å². The molecule has 0 fully saturated rings. The van der Waals surface area contributed by atoms with Crippen LogP contribution in [-0.4, -0.2) is 20.7 Å². The minimum atomic E-state index is -4.77. The Morgan fingerprint density at radius 3 is 1.94 bits per heavy atom. The summed E-state index contributed by atoms with van der Waals surface area (Å²) in [6.07, 6.45) is -5.70. The predicted molar refractivity (Wildman–Crippen MR) is 264 cm³/mol. The number of halogens is 3. The predicted octanol–water partition coefficient (Wildman–Crippen LogP) is 16.7. The largest absolute Gasteiger partial charge is 0.501 e. The van der Waals surface area contributed by atoms with Crippen LogP contribution in [0.2, 0.25) is 0 Å². The number of benzene rings is 7. The Morgan fingerprint density at radius 1 is 0.657 bits per heavy atom. The molecule has 7 aromatic carbocycles. The van der Waals surface area contributed by atoms with Gasteiger partial charge in [0, 0.05) is 40.1 Å². The Labute approximate surface area is 406 Å². The van der Waals surface area contributed by atoms with Gasteiger partial charge in [0.25, 0.3) is 0 Å². The number of aromatic nitrogens is 3. The molecule has 1 radical (unpaired) electrons. The van der Waals surface area contributed by atoms with Crippen LogP contribution >= 0.6 is 0 Å². The third kappa shape index (κ3) is 9.52. The Morgan fingerprint density at radius 2 is 1.30 bits per heavy atom. The zero-order chi connectivity index (χ0) is 48.0. The molecule has 67 heavy (non-hydrogen) atoms. The van der Waals surface area contributed by atoms with Crippen molar-refractivity contribution in [1.82, 2.24) is 14.5 Å².